The van der Waals surface area contributed by atoms with E-state index < -0.39 is 17.8 Å². The molecule has 3 N–H and O–H groups in total. The number of nitrogens with one attached hydrogen (secondary N) is 2. The fraction of sp³-hybridized carbons (Fsp3) is 0.219. The number of hydrogen-bond donors (Lipinski definition) is 3. The quantitative estimate of drug-likeness (QED) is 0.187. The SMILES string of the molecule is COc1ccc2c(c1)c(CC(=O)NCCNC(=O)c1cc3ccccc3oc1=O)c(C)n2C(O)c1ccc(C)cc1. The van der Waals surface area contributed by atoms with Crippen LogP contribution in [0.4, 0.5) is 0 Å². The number of amides is 2. The molecule has 1 atom stereocenters. The van der Waals surface area contributed by atoms with Gasteiger partial charge in [0.1, 0.15) is 16.9 Å². The predicted octanol–water partition coefficient (Wildman–Crippen LogP) is 4.00. The highest BCUT2D eigenvalue weighted by Crippen LogP contribution is 2.33. The lowest BCUT2D eigenvalue weighted by molar-refractivity contribution is -0.120. The van der Waals surface area contributed by atoms with E-state index in [2.05, 4.69) is 10.6 Å². The molecule has 5 aromatic rings. The highest BCUT2D eigenvalue weighted by atomic mass is 16.5. The number of carbonyl (C=O) groups is 2. The van der Waals surface area contributed by atoms with Gasteiger partial charge in [-0.15, -0.1) is 0 Å². The van der Waals surface area contributed by atoms with Gasteiger partial charge >= 0.3 is 5.63 Å². The lowest BCUT2D eigenvalue weighted by Crippen LogP contribution is -2.36. The lowest BCUT2D eigenvalue weighted by atomic mass is 10.1. The third-order valence-electron chi connectivity index (χ3n) is 7.16. The maximum absolute atomic E-state index is 13.0. The van der Waals surface area contributed by atoms with E-state index in [0.717, 1.165) is 33.3 Å². The molecule has 0 fully saturated rings. The van der Waals surface area contributed by atoms with E-state index in [1.54, 1.807) is 31.4 Å². The van der Waals surface area contributed by atoms with Crippen LogP contribution in [0.1, 0.15) is 39.0 Å². The summed E-state index contributed by atoms with van der Waals surface area (Å²) in [4.78, 5) is 37.8. The van der Waals surface area contributed by atoms with Gasteiger partial charge < -0.3 is 29.5 Å². The summed E-state index contributed by atoms with van der Waals surface area (Å²) >= 11 is 0. The Bertz CT molecular complexity index is 1800. The molecule has 210 valence electrons. The zero-order valence-corrected chi connectivity index (χ0v) is 23.1. The molecular formula is C32H31N3O6. The molecule has 2 amide bonds. The Balaban J connectivity index is 1.28. The highest BCUT2D eigenvalue weighted by molar-refractivity contribution is 5.96. The van der Waals surface area contributed by atoms with Gasteiger partial charge in [0.15, 0.2) is 6.23 Å². The molecular weight excluding hydrogens is 522 g/mol. The van der Waals surface area contributed by atoms with Crippen molar-refractivity contribution < 1.29 is 23.8 Å². The van der Waals surface area contributed by atoms with Crippen molar-refractivity contribution in [1.82, 2.24) is 15.2 Å². The number of aryl methyl sites for hydroxylation is 1. The minimum atomic E-state index is -0.939. The van der Waals surface area contributed by atoms with Gasteiger partial charge in [0.2, 0.25) is 5.91 Å². The molecule has 0 saturated carbocycles. The Morgan fingerprint density at radius 1 is 0.976 bits per heavy atom. The molecule has 1 unspecified atom stereocenters. The summed E-state index contributed by atoms with van der Waals surface area (Å²) in [6.45, 7) is 4.15. The Labute approximate surface area is 236 Å². The second-order valence-corrected chi connectivity index (χ2v) is 9.87. The van der Waals surface area contributed by atoms with Crippen molar-refractivity contribution in [3.63, 3.8) is 0 Å². The number of para-hydroxylation sites is 1. The number of ether oxygens (including phenoxy) is 1. The van der Waals surface area contributed by atoms with Gasteiger partial charge in [0.05, 0.1) is 19.0 Å². The highest BCUT2D eigenvalue weighted by Gasteiger charge is 2.22. The van der Waals surface area contributed by atoms with Crippen molar-refractivity contribution in [2.45, 2.75) is 26.5 Å². The van der Waals surface area contributed by atoms with E-state index >= 15 is 0 Å². The van der Waals surface area contributed by atoms with Crippen LogP contribution in [-0.2, 0) is 11.2 Å². The zero-order chi connectivity index (χ0) is 29.1. The summed E-state index contributed by atoms with van der Waals surface area (Å²) in [6, 6.07) is 21.7. The molecule has 2 aromatic heterocycles. The summed E-state index contributed by atoms with van der Waals surface area (Å²) in [7, 11) is 1.58. The number of carbonyl (C=O) groups excluding carboxylic acids is 2. The van der Waals surface area contributed by atoms with Gasteiger partial charge in [0.25, 0.3) is 5.91 Å². The van der Waals surface area contributed by atoms with E-state index in [1.807, 2.05) is 60.9 Å². The molecule has 9 heteroatoms. The lowest BCUT2D eigenvalue weighted by Gasteiger charge is -2.17. The largest absolute Gasteiger partial charge is 0.497 e. The van der Waals surface area contributed by atoms with Crippen LogP contribution in [0.15, 0.2) is 82.0 Å². The van der Waals surface area contributed by atoms with Crippen LogP contribution in [-0.4, -0.2) is 41.7 Å². The molecule has 0 bridgehead atoms. The van der Waals surface area contributed by atoms with E-state index in [9.17, 15) is 19.5 Å². The Kier molecular flexibility index (Phi) is 7.89. The number of rotatable bonds is 9. The molecule has 5 rings (SSSR count). The number of fused-ring (bicyclic) bond motifs is 2. The first-order valence-electron chi connectivity index (χ1n) is 13.3. The van der Waals surface area contributed by atoms with Gasteiger partial charge in [-0.3, -0.25) is 9.59 Å². The average molecular weight is 554 g/mol. The van der Waals surface area contributed by atoms with E-state index in [-0.39, 0.29) is 31.0 Å². The van der Waals surface area contributed by atoms with E-state index in [4.69, 9.17) is 9.15 Å². The van der Waals surface area contributed by atoms with Crippen LogP contribution < -0.4 is 21.0 Å². The van der Waals surface area contributed by atoms with Crippen LogP contribution in [0.2, 0.25) is 0 Å². The first-order valence-corrected chi connectivity index (χ1v) is 13.3. The van der Waals surface area contributed by atoms with Gasteiger partial charge in [-0.25, -0.2) is 4.79 Å². The maximum atomic E-state index is 13.0. The summed E-state index contributed by atoms with van der Waals surface area (Å²) in [6.07, 6.45) is -0.878. The molecule has 0 aliphatic rings. The molecule has 0 aliphatic carbocycles. The van der Waals surface area contributed by atoms with Crippen LogP contribution in [0, 0.1) is 13.8 Å². The molecule has 41 heavy (non-hydrogen) atoms. The first-order chi connectivity index (χ1) is 19.8. The second kappa shape index (κ2) is 11.7. The number of aliphatic hydroxyl groups excluding tert-OH is 1. The van der Waals surface area contributed by atoms with Gasteiger partial charge in [-0.2, -0.15) is 0 Å². The smallest absolute Gasteiger partial charge is 0.349 e. The molecule has 2 heterocycles. The average Bonchev–Trinajstić information content (AvgIpc) is 3.24. The Hall–Kier alpha value is -4.89. The Morgan fingerprint density at radius 2 is 1.71 bits per heavy atom. The number of aliphatic hydroxyl groups is 1. The monoisotopic (exact) mass is 553 g/mol. The van der Waals surface area contributed by atoms with Crippen molar-refractivity contribution in [2.75, 3.05) is 20.2 Å². The Morgan fingerprint density at radius 3 is 2.46 bits per heavy atom. The third-order valence-corrected chi connectivity index (χ3v) is 7.16. The van der Waals surface area contributed by atoms with Crippen molar-refractivity contribution >= 4 is 33.7 Å². The molecule has 0 aliphatic heterocycles. The molecule has 3 aromatic carbocycles. The van der Waals surface area contributed by atoms with Crippen LogP contribution in [0.5, 0.6) is 5.75 Å². The number of aromatic nitrogens is 1. The van der Waals surface area contributed by atoms with E-state index in [1.165, 1.54) is 6.07 Å². The summed E-state index contributed by atoms with van der Waals surface area (Å²) in [5.74, 6) is -0.184. The number of hydrogen-bond acceptors (Lipinski definition) is 6. The van der Waals surface area contributed by atoms with Crippen molar-refractivity contribution in [3.8, 4) is 5.75 Å². The normalized spacial score (nSPS) is 11.9. The first kappa shape index (κ1) is 27.7. The van der Waals surface area contributed by atoms with Gasteiger partial charge in [-0.1, -0.05) is 48.0 Å². The van der Waals surface area contributed by atoms with E-state index in [0.29, 0.717) is 16.7 Å². The maximum Gasteiger partial charge on any atom is 0.349 e. The number of nitrogens with zero attached hydrogens (tertiary/aromatic N) is 1. The third kappa shape index (κ3) is 5.71. The van der Waals surface area contributed by atoms with Gasteiger partial charge in [-0.05, 0) is 49.7 Å². The topological polar surface area (TPSA) is 123 Å². The van der Waals surface area contributed by atoms with Crippen molar-refractivity contribution in [1.29, 1.82) is 0 Å². The van der Waals surface area contributed by atoms with Crippen molar-refractivity contribution in [2.24, 2.45) is 0 Å². The van der Waals surface area contributed by atoms with Crippen LogP contribution in [0.25, 0.3) is 21.9 Å². The zero-order valence-electron chi connectivity index (χ0n) is 23.1. The predicted molar refractivity (Wildman–Crippen MR) is 156 cm³/mol. The van der Waals surface area contributed by atoms with Crippen LogP contribution in [0.3, 0.4) is 0 Å². The minimum Gasteiger partial charge on any atom is -0.497 e. The molecule has 0 saturated heterocycles. The van der Waals surface area contributed by atoms with Crippen molar-refractivity contribution in [3.05, 3.63) is 111 Å². The van der Waals surface area contributed by atoms with Gasteiger partial charge in [0, 0.05) is 35.1 Å². The summed E-state index contributed by atoms with van der Waals surface area (Å²) in [5, 5.41) is 18.2. The molecule has 0 radical (unpaired) electrons. The number of methoxy groups -OCH3 is 1. The fourth-order valence-corrected chi connectivity index (χ4v) is 4.96. The second-order valence-electron chi connectivity index (χ2n) is 9.87. The minimum absolute atomic E-state index is 0.0608. The summed E-state index contributed by atoms with van der Waals surface area (Å²) in [5.41, 5.74) is 3.71. The summed E-state index contributed by atoms with van der Waals surface area (Å²) < 4.78 is 12.5. The molecule has 9 nitrogen and oxygen atoms in total. The standard InChI is InChI=1S/C32H31N3O6/c1-19-8-10-21(11-9-19)31(38)35-20(2)24(25-17-23(40-3)12-13-27(25)35)18-29(36)33-14-15-34-30(37)26-16-22-6-4-5-7-28(22)41-32(26)39/h4-13,16-17,31,38H,14-15,18H2,1-3H3,(H,33,36)(H,34,37). The fourth-order valence-electron chi connectivity index (χ4n) is 4.96. The van der Waals surface area contributed by atoms with Crippen LogP contribution >= 0.6 is 0 Å². The molecule has 0 spiro atoms. The number of benzene rings is 3.